The highest BCUT2D eigenvalue weighted by atomic mass is 16.1. The molecule has 4 nitrogen and oxygen atoms in total. The van der Waals surface area contributed by atoms with Crippen LogP contribution in [0.5, 0.6) is 0 Å². The molecule has 0 aliphatic rings. The maximum atomic E-state index is 11.5. The Hall–Kier alpha value is -2.15. The Balaban J connectivity index is 2.49. The minimum atomic E-state index is -0.122. The maximum Gasteiger partial charge on any atom is 0.225 e. The fourth-order valence-corrected chi connectivity index (χ4v) is 1.57. The van der Waals surface area contributed by atoms with Crippen LogP contribution in [0.2, 0.25) is 0 Å². The van der Waals surface area contributed by atoms with Crippen molar-refractivity contribution in [3.63, 3.8) is 0 Å². The number of hydrogen-bond donors (Lipinski definition) is 2. The number of nitriles is 1. The van der Waals surface area contributed by atoms with Crippen LogP contribution in [0.15, 0.2) is 24.3 Å². The second kappa shape index (κ2) is 6.55. The molecule has 0 saturated heterocycles. The average Bonchev–Trinajstić information content (AvgIpc) is 2.28. The molecule has 1 rings (SSSR count). The van der Waals surface area contributed by atoms with Gasteiger partial charge < -0.3 is 10.7 Å². The van der Waals surface area contributed by atoms with Crippen LogP contribution in [0.1, 0.15) is 31.4 Å². The summed E-state index contributed by atoms with van der Waals surface area (Å²) in [6.07, 6.45) is 0.565. The normalized spacial score (nSPS) is 9.89. The van der Waals surface area contributed by atoms with Gasteiger partial charge in [0.25, 0.3) is 0 Å². The van der Waals surface area contributed by atoms with E-state index in [2.05, 4.69) is 5.32 Å². The van der Waals surface area contributed by atoms with E-state index in [4.69, 9.17) is 10.7 Å². The highest BCUT2D eigenvalue weighted by Crippen LogP contribution is 2.05. The third kappa shape index (κ3) is 4.79. The van der Waals surface area contributed by atoms with Crippen LogP contribution < -0.4 is 5.32 Å². The summed E-state index contributed by atoms with van der Waals surface area (Å²) in [7, 11) is 0. The van der Waals surface area contributed by atoms with E-state index in [1.165, 1.54) is 0 Å². The first kappa shape index (κ1) is 13.9. The fraction of sp³-hybridized carbons (Fsp3) is 0.357. The zero-order valence-electron chi connectivity index (χ0n) is 10.7. The van der Waals surface area contributed by atoms with Gasteiger partial charge in [-0.25, -0.2) is 0 Å². The topological polar surface area (TPSA) is 76.7 Å². The van der Waals surface area contributed by atoms with E-state index < -0.39 is 0 Å². The second-order valence-electron chi connectivity index (χ2n) is 4.49. The molecule has 0 radical (unpaired) electrons. The summed E-state index contributed by atoms with van der Waals surface area (Å²) < 4.78 is 0. The van der Waals surface area contributed by atoms with Crippen molar-refractivity contribution >= 4 is 11.6 Å². The van der Waals surface area contributed by atoms with E-state index in [-0.39, 0.29) is 18.4 Å². The van der Waals surface area contributed by atoms with Crippen LogP contribution in [0.4, 0.5) is 0 Å². The average molecular weight is 243 g/mol. The summed E-state index contributed by atoms with van der Waals surface area (Å²) in [6, 6.07) is 9.20. The Morgan fingerprint density at radius 1 is 1.39 bits per heavy atom. The molecule has 4 heteroatoms. The van der Waals surface area contributed by atoms with Crippen LogP contribution >= 0.6 is 0 Å². The SMILES string of the molecule is CC(C)NC(=O)CC(=N)Cc1ccc(C#N)cc1. The summed E-state index contributed by atoms with van der Waals surface area (Å²) >= 11 is 0. The lowest BCUT2D eigenvalue weighted by molar-refractivity contribution is -0.120. The lowest BCUT2D eigenvalue weighted by atomic mass is 10.0. The Labute approximate surface area is 107 Å². The Morgan fingerprint density at radius 3 is 2.50 bits per heavy atom. The van der Waals surface area contributed by atoms with Crippen LogP contribution in [0.3, 0.4) is 0 Å². The van der Waals surface area contributed by atoms with E-state index in [9.17, 15) is 4.79 Å². The molecule has 0 fully saturated rings. The smallest absolute Gasteiger partial charge is 0.225 e. The molecule has 0 spiro atoms. The molecule has 0 saturated carbocycles. The summed E-state index contributed by atoms with van der Waals surface area (Å²) in [5.41, 5.74) is 1.91. The van der Waals surface area contributed by atoms with Gasteiger partial charge in [-0.2, -0.15) is 5.26 Å². The van der Waals surface area contributed by atoms with Crippen LogP contribution in [-0.2, 0) is 11.2 Å². The number of hydrogen-bond acceptors (Lipinski definition) is 3. The minimum absolute atomic E-state index is 0.0974. The van der Waals surface area contributed by atoms with Crippen molar-refractivity contribution < 1.29 is 4.79 Å². The van der Waals surface area contributed by atoms with Gasteiger partial charge in [-0.1, -0.05) is 12.1 Å². The lowest BCUT2D eigenvalue weighted by Gasteiger charge is -2.09. The molecule has 94 valence electrons. The number of carbonyl (C=O) groups excluding carboxylic acids is 1. The summed E-state index contributed by atoms with van der Waals surface area (Å²) in [4.78, 5) is 11.5. The number of rotatable bonds is 5. The van der Waals surface area contributed by atoms with Gasteiger partial charge in [0.15, 0.2) is 0 Å². The van der Waals surface area contributed by atoms with E-state index in [0.717, 1.165) is 5.56 Å². The number of nitrogens with zero attached hydrogens (tertiary/aromatic N) is 1. The van der Waals surface area contributed by atoms with Crippen molar-refractivity contribution in [2.75, 3.05) is 0 Å². The summed E-state index contributed by atoms with van der Waals surface area (Å²) in [5.74, 6) is -0.122. The van der Waals surface area contributed by atoms with Gasteiger partial charge in [0.1, 0.15) is 0 Å². The van der Waals surface area contributed by atoms with E-state index in [1.54, 1.807) is 12.1 Å². The van der Waals surface area contributed by atoms with Crippen molar-refractivity contribution in [1.82, 2.24) is 5.32 Å². The van der Waals surface area contributed by atoms with Gasteiger partial charge in [0, 0.05) is 18.2 Å². The lowest BCUT2D eigenvalue weighted by Crippen LogP contribution is -2.31. The van der Waals surface area contributed by atoms with Gasteiger partial charge in [-0.05, 0) is 31.5 Å². The van der Waals surface area contributed by atoms with E-state index in [1.807, 2.05) is 32.0 Å². The molecule has 0 heterocycles. The zero-order valence-corrected chi connectivity index (χ0v) is 10.7. The minimum Gasteiger partial charge on any atom is -0.354 e. The molecule has 1 aromatic carbocycles. The van der Waals surface area contributed by atoms with Crippen LogP contribution in [-0.4, -0.2) is 17.7 Å². The quantitative estimate of drug-likeness (QED) is 0.776. The standard InChI is InChI=1S/C14H17N3O/c1-10(2)17-14(18)8-13(16)7-11-3-5-12(9-15)6-4-11/h3-6,10,16H,7-8H2,1-2H3,(H,17,18). The molecule has 0 bridgehead atoms. The summed E-state index contributed by atoms with van der Waals surface area (Å²) in [6.45, 7) is 3.78. The molecular weight excluding hydrogens is 226 g/mol. The molecule has 0 aromatic heterocycles. The Morgan fingerprint density at radius 2 is 2.00 bits per heavy atom. The highest BCUT2D eigenvalue weighted by molar-refractivity contribution is 6.00. The molecule has 1 aromatic rings. The molecule has 0 atom stereocenters. The van der Waals surface area contributed by atoms with Crippen molar-refractivity contribution in [2.45, 2.75) is 32.7 Å². The number of nitrogens with one attached hydrogen (secondary N) is 2. The maximum absolute atomic E-state index is 11.5. The van der Waals surface area contributed by atoms with Crippen molar-refractivity contribution in [3.8, 4) is 6.07 Å². The first-order valence-electron chi connectivity index (χ1n) is 5.86. The first-order chi connectivity index (χ1) is 8.51. The van der Waals surface area contributed by atoms with Gasteiger partial charge in [-0.15, -0.1) is 0 Å². The number of benzene rings is 1. The first-order valence-corrected chi connectivity index (χ1v) is 5.86. The van der Waals surface area contributed by atoms with Gasteiger partial charge >= 0.3 is 0 Å². The molecule has 2 N–H and O–H groups in total. The Kier molecular flexibility index (Phi) is 5.06. The largest absolute Gasteiger partial charge is 0.354 e. The monoisotopic (exact) mass is 243 g/mol. The molecule has 18 heavy (non-hydrogen) atoms. The fourth-order valence-electron chi connectivity index (χ4n) is 1.57. The predicted molar refractivity (Wildman–Crippen MR) is 70.5 cm³/mol. The summed E-state index contributed by atoms with van der Waals surface area (Å²) in [5, 5.41) is 19.2. The zero-order chi connectivity index (χ0) is 13.5. The third-order valence-corrected chi connectivity index (χ3v) is 2.32. The van der Waals surface area contributed by atoms with Crippen molar-refractivity contribution in [1.29, 1.82) is 10.7 Å². The van der Waals surface area contributed by atoms with Crippen molar-refractivity contribution in [3.05, 3.63) is 35.4 Å². The van der Waals surface area contributed by atoms with E-state index >= 15 is 0 Å². The predicted octanol–water partition coefficient (Wildman–Crippen LogP) is 2.04. The molecule has 0 unspecified atom stereocenters. The second-order valence-corrected chi connectivity index (χ2v) is 4.49. The molecular formula is C14H17N3O. The van der Waals surface area contributed by atoms with Crippen LogP contribution in [0.25, 0.3) is 0 Å². The molecule has 1 amide bonds. The number of amides is 1. The molecule has 0 aliphatic heterocycles. The van der Waals surface area contributed by atoms with E-state index in [0.29, 0.717) is 17.7 Å². The van der Waals surface area contributed by atoms with Crippen LogP contribution in [0, 0.1) is 16.7 Å². The molecule has 0 aliphatic carbocycles. The highest BCUT2D eigenvalue weighted by Gasteiger charge is 2.08. The van der Waals surface area contributed by atoms with Gasteiger partial charge in [-0.3, -0.25) is 4.79 Å². The number of carbonyl (C=O) groups is 1. The van der Waals surface area contributed by atoms with Crippen molar-refractivity contribution in [2.24, 2.45) is 0 Å². The van der Waals surface area contributed by atoms with Gasteiger partial charge in [0.05, 0.1) is 18.1 Å². The Bertz CT molecular complexity index is 469. The third-order valence-electron chi connectivity index (χ3n) is 2.32. The van der Waals surface area contributed by atoms with Gasteiger partial charge in [0.2, 0.25) is 5.91 Å².